The van der Waals surface area contributed by atoms with Crippen LogP contribution in [-0.2, 0) is 0 Å². The Bertz CT molecular complexity index is 481. The van der Waals surface area contributed by atoms with E-state index < -0.39 is 6.04 Å². The summed E-state index contributed by atoms with van der Waals surface area (Å²) in [5.41, 5.74) is 3.90. The number of furan rings is 1. The van der Waals surface area contributed by atoms with Crippen molar-refractivity contribution in [3.8, 4) is 0 Å². The van der Waals surface area contributed by atoms with Gasteiger partial charge < -0.3 is 4.42 Å². The number of aryl methyl sites for hydroxylation is 1. The molecular weight excluding hydrogens is 207 g/mol. The van der Waals surface area contributed by atoms with Crippen LogP contribution in [0.15, 0.2) is 41.0 Å². The average molecular weight is 220 g/mol. The maximum Gasteiger partial charge on any atom is 0.128 e. The largest absolute Gasteiger partial charge is 0.469 e. The number of hydrazine groups is 1. The number of benzene rings is 1. The molecule has 0 saturated carbocycles. The van der Waals surface area contributed by atoms with Crippen LogP contribution in [0.1, 0.15) is 22.9 Å². The Morgan fingerprint density at radius 3 is 2.69 bits per heavy atom. The lowest BCUT2D eigenvalue weighted by Gasteiger charge is -2.14. The molecule has 4 heteroatoms. The van der Waals surface area contributed by atoms with Crippen LogP contribution in [0.4, 0.5) is 4.39 Å². The first-order chi connectivity index (χ1) is 7.72. The maximum absolute atomic E-state index is 13.6. The van der Waals surface area contributed by atoms with Crippen molar-refractivity contribution < 1.29 is 8.81 Å². The molecule has 0 saturated heterocycles. The van der Waals surface area contributed by atoms with Gasteiger partial charge in [0.25, 0.3) is 0 Å². The summed E-state index contributed by atoms with van der Waals surface area (Å²) in [6, 6.07) is 7.97. The average Bonchev–Trinajstić information content (AvgIpc) is 2.69. The number of hydrogen-bond donors (Lipinski definition) is 2. The first kappa shape index (κ1) is 10.9. The summed E-state index contributed by atoms with van der Waals surface area (Å²) in [4.78, 5) is 0. The van der Waals surface area contributed by atoms with E-state index in [1.165, 1.54) is 6.07 Å². The highest BCUT2D eigenvalue weighted by atomic mass is 19.1. The third kappa shape index (κ3) is 1.98. The summed E-state index contributed by atoms with van der Waals surface area (Å²) in [5.74, 6) is 5.94. The lowest BCUT2D eigenvalue weighted by atomic mass is 10.0. The highest BCUT2D eigenvalue weighted by Gasteiger charge is 2.17. The molecule has 0 aliphatic heterocycles. The molecule has 0 fully saturated rings. The number of hydrogen-bond acceptors (Lipinski definition) is 3. The van der Waals surface area contributed by atoms with E-state index in [0.29, 0.717) is 5.56 Å². The SMILES string of the molecule is Cc1cc(C(NN)c2ccccc2F)co1. The first-order valence-electron chi connectivity index (χ1n) is 4.98. The molecule has 3 nitrogen and oxygen atoms in total. The minimum absolute atomic E-state index is 0.288. The van der Waals surface area contributed by atoms with E-state index in [0.717, 1.165) is 11.3 Å². The first-order valence-corrected chi connectivity index (χ1v) is 4.98. The summed E-state index contributed by atoms with van der Waals surface area (Å²) in [6.45, 7) is 1.83. The highest BCUT2D eigenvalue weighted by Crippen LogP contribution is 2.24. The molecule has 0 radical (unpaired) electrons. The van der Waals surface area contributed by atoms with Crippen molar-refractivity contribution in [1.29, 1.82) is 0 Å². The van der Waals surface area contributed by atoms with Crippen molar-refractivity contribution in [1.82, 2.24) is 5.43 Å². The summed E-state index contributed by atoms with van der Waals surface area (Å²) < 4.78 is 18.8. The Labute approximate surface area is 93.0 Å². The second-order valence-corrected chi connectivity index (χ2v) is 3.61. The van der Waals surface area contributed by atoms with Crippen LogP contribution in [0.3, 0.4) is 0 Å². The number of nitrogens with one attached hydrogen (secondary N) is 1. The molecule has 0 amide bonds. The van der Waals surface area contributed by atoms with Crippen molar-refractivity contribution in [2.24, 2.45) is 5.84 Å². The maximum atomic E-state index is 13.6. The third-order valence-electron chi connectivity index (χ3n) is 2.47. The van der Waals surface area contributed by atoms with Gasteiger partial charge >= 0.3 is 0 Å². The van der Waals surface area contributed by atoms with Gasteiger partial charge in [-0.1, -0.05) is 18.2 Å². The molecule has 0 bridgehead atoms. The molecule has 1 heterocycles. The molecular formula is C12H13FN2O. The van der Waals surface area contributed by atoms with Gasteiger partial charge in [0.1, 0.15) is 11.6 Å². The molecule has 1 aromatic heterocycles. The van der Waals surface area contributed by atoms with Gasteiger partial charge in [-0.25, -0.2) is 9.82 Å². The lowest BCUT2D eigenvalue weighted by Crippen LogP contribution is -2.29. The van der Waals surface area contributed by atoms with Gasteiger partial charge in [-0.3, -0.25) is 5.84 Å². The lowest BCUT2D eigenvalue weighted by molar-refractivity contribution is 0.520. The molecule has 2 rings (SSSR count). The summed E-state index contributed by atoms with van der Waals surface area (Å²) >= 11 is 0. The normalized spacial score (nSPS) is 12.7. The highest BCUT2D eigenvalue weighted by molar-refractivity contribution is 5.31. The summed E-state index contributed by atoms with van der Waals surface area (Å²) in [5, 5.41) is 0. The zero-order chi connectivity index (χ0) is 11.5. The van der Waals surface area contributed by atoms with Crippen LogP contribution in [0.5, 0.6) is 0 Å². The van der Waals surface area contributed by atoms with Gasteiger partial charge in [0.2, 0.25) is 0 Å². The van der Waals surface area contributed by atoms with Crippen molar-refractivity contribution >= 4 is 0 Å². The van der Waals surface area contributed by atoms with Crippen LogP contribution in [-0.4, -0.2) is 0 Å². The van der Waals surface area contributed by atoms with E-state index in [2.05, 4.69) is 5.43 Å². The number of nitrogens with two attached hydrogens (primary N) is 1. The fourth-order valence-corrected chi connectivity index (χ4v) is 1.69. The quantitative estimate of drug-likeness (QED) is 0.616. The molecule has 1 unspecified atom stereocenters. The third-order valence-corrected chi connectivity index (χ3v) is 2.47. The van der Waals surface area contributed by atoms with Gasteiger partial charge in [-0.2, -0.15) is 0 Å². The van der Waals surface area contributed by atoms with Crippen LogP contribution < -0.4 is 11.3 Å². The monoisotopic (exact) mass is 220 g/mol. The van der Waals surface area contributed by atoms with Crippen LogP contribution in [0.2, 0.25) is 0 Å². The van der Waals surface area contributed by atoms with E-state index in [1.807, 2.05) is 13.0 Å². The predicted octanol–water partition coefficient (Wildman–Crippen LogP) is 2.28. The van der Waals surface area contributed by atoms with Gasteiger partial charge in [-0.05, 0) is 19.1 Å². The Kier molecular flexibility index (Phi) is 3.03. The minimum atomic E-state index is -0.390. The van der Waals surface area contributed by atoms with E-state index in [4.69, 9.17) is 10.3 Å². The fourth-order valence-electron chi connectivity index (χ4n) is 1.69. The smallest absolute Gasteiger partial charge is 0.128 e. The van der Waals surface area contributed by atoms with E-state index in [-0.39, 0.29) is 5.82 Å². The van der Waals surface area contributed by atoms with E-state index in [1.54, 1.807) is 24.5 Å². The van der Waals surface area contributed by atoms with Gasteiger partial charge in [0, 0.05) is 11.1 Å². The minimum Gasteiger partial charge on any atom is -0.469 e. The molecule has 16 heavy (non-hydrogen) atoms. The molecule has 2 aromatic rings. The Balaban J connectivity index is 2.40. The molecule has 0 aliphatic rings. The Hall–Kier alpha value is -1.65. The van der Waals surface area contributed by atoms with Crippen molar-refractivity contribution in [2.45, 2.75) is 13.0 Å². The van der Waals surface area contributed by atoms with E-state index >= 15 is 0 Å². The number of rotatable bonds is 3. The predicted molar refractivity (Wildman–Crippen MR) is 59.0 cm³/mol. The molecule has 1 aromatic carbocycles. The van der Waals surface area contributed by atoms with Crippen molar-refractivity contribution in [2.75, 3.05) is 0 Å². The van der Waals surface area contributed by atoms with Gasteiger partial charge in [0.15, 0.2) is 0 Å². The molecule has 0 spiro atoms. The van der Waals surface area contributed by atoms with Crippen LogP contribution in [0, 0.1) is 12.7 Å². The van der Waals surface area contributed by atoms with Crippen LogP contribution in [0.25, 0.3) is 0 Å². The second-order valence-electron chi connectivity index (χ2n) is 3.61. The Morgan fingerprint density at radius 1 is 1.38 bits per heavy atom. The second kappa shape index (κ2) is 4.47. The standard InChI is InChI=1S/C12H13FN2O/c1-8-6-9(7-16-8)12(15-14)10-4-2-3-5-11(10)13/h2-7,12,15H,14H2,1H3. The molecule has 3 N–H and O–H groups in total. The fraction of sp³-hybridized carbons (Fsp3) is 0.167. The van der Waals surface area contributed by atoms with Crippen molar-refractivity contribution in [3.05, 3.63) is 59.3 Å². The van der Waals surface area contributed by atoms with E-state index in [9.17, 15) is 4.39 Å². The Morgan fingerprint density at radius 2 is 2.12 bits per heavy atom. The molecule has 84 valence electrons. The molecule has 0 aliphatic carbocycles. The zero-order valence-electron chi connectivity index (χ0n) is 8.91. The summed E-state index contributed by atoms with van der Waals surface area (Å²) in [6.07, 6.45) is 1.58. The zero-order valence-corrected chi connectivity index (χ0v) is 8.91. The summed E-state index contributed by atoms with van der Waals surface area (Å²) in [7, 11) is 0. The topological polar surface area (TPSA) is 51.2 Å². The van der Waals surface area contributed by atoms with Crippen molar-refractivity contribution in [3.63, 3.8) is 0 Å². The van der Waals surface area contributed by atoms with Crippen LogP contribution >= 0.6 is 0 Å². The molecule has 1 atom stereocenters. The van der Waals surface area contributed by atoms with Gasteiger partial charge in [-0.15, -0.1) is 0 Å². The number of halogens is 1. The van der Waals surface area contributed by atoms with Gasteiger partial charge in [0.05, 0.1) is 12.3 Å².